The molecule has 0 saturated heterocycles. The van der Waals surface area contributed by atoms with Crippen molar-refractivity contribution in [2.24, 2.45) is 10.8 Å². The third-order valence-corrected chi connectivity index (χ3v) is 7.09. The maximum atomic E-state index is 5.63. The Morgan fingerprint density at radius 2 is 1.29 bits per heavy atom. The number of benzene rings is 2. The van der Waals surface area contributed by atoms with Crippen molar-refractivity contribution in [3.05, 3.63) is 71.8 Å². The smallest absolute Gasteiger partial charge is 0.166 e. The van der Waals surface area contributed by atoms with E-state index in [4.69, 9.17) is 24.4 Å². The van der Waals surface area contributed by atoms with Crippen LogP contribution in [0.5, 0.6) is 0 Å². The van der Waals surface area contributed by atoms with Crippen LogP contribution in [0.4, 0.5) is 0 Å². The van der Waals surface area contributed by atoms with Crippen LogP contribution in [0.15, 0.2) is 60.7 Å². The summed E-state index contributed by atoms with van der Waals surface area (Å²) in [5.41, 5.74) is 3.03. The van der Waals surface area contributed by atoms with Gasteiger partial charge in [0.15, 0.2) is 10.2 Å². The van der Waals surface area contributed by atoms with Gasteiger partial charge in [0, 0.05) is 25.7 Å². The Morgan fingerprint density at radius 1 is 0.765 bits per heavy atom. The average Bonchev–Trinajstić information content (AvgIpc) is 2.78. The number of nitrogens with one attached hydrogen (secondary N) is 4. The van der Waals surface area contributed by atoms with Crippen molar-refractivity contribution in [2.45, 2.75) is 58.9 Å². The zero-order chi connectivity index (χ0) is 24.4. The summed E-state index contributed by atoms with van der Waals surface area (Å²) in [7, 11) is 0. The molecule has 1 fully saturated rings. The molecular formula is C28H40N4S2. The van der Waals surface area contributed by atoms with Crippen molar-refractivity contribution in [1.82, 2.24) is 21.3 Å². The molecule has 0 amide bonds. The fraction of sp³-hybridized carbons (Fsp3) is 0.500. The van der Waals surface area contributed by atoms with E-state index >= 15 is 0 Å². The van der Waals surface area contributed by atoms with Gasteiger partial charge in [-0.3, -0.25) is 0 Å². The maximum absolute atomic E-state index is 5.63. The molecule has 2 aromatic rings. The summed E-state index contributed by atoms with van der Waals surface area (Å²) >= 11 is 11.2. The van der Waals surface area contributed by atoms with Crippen LogP contribution in [0.2, 0.25) is 0 Å². The predicted octanol–water partition coefficient (Wildman–Crippen LogP) is 4.99. The summed E-state index contributed by atoms with van der Waals surface area (Å²) in [6.45, 7) is 9.63. The molecule has 0 aliphatic heterocycles. The number of thiocarbonyl (C=S) groups is 2. The summed E-state index contributed by atoms with van der Waals surface area (Å²) in [4.78, 5) is 0. The van der Waals surface area contributed by atoms with Crippen LogP contribution < -0.4 is 21.3 Å². The molecule has 0 radical (unpaired) electrons. The zero-order valence-corrected chi connectivity index (χ0v) is 22.5. The first-order valence-corrected chi connectivity index (χ1v) is 13.2. The predicted molar refractivity (Wildman–Crippen MR) is 152 cm³/mol. The van der Waals surface area contributed by atoms with Gasteiger partial charge in [-0.25, -0.2) is 0 Å². The van der Waals surface area contributed by atoms with Gasteiger partial charge in [-0.05, 0) is 78.5 Å². The lowest BCUT2D eigenvalue weighted by atomic mass is 9.62. The Kier molecular flexibility index (Phi) is 9.72. The van der Waals surface area contributed by atoms with E-state index < -0.39 is 0 Å². The lowest BCUT2D eigenvalue weighted by Gasteiger charge is -2.47. The van der Waals surface area contributed by atoms with Crippen molar-refractivity contribution in [3.63, 3.8) is 0 Å². The molecular weight excluding hydrogens is 456 g/mol. The minimum Gasteiger partial charge on any atom is -0.362 e. The van der Waals surface area contributed by atoms with Crippen LogP contribution in [0, 0.1) is 10.8 Å². The third kappa shape index (κ3) is 9.22. The molecule has 1 saturated carbocycles. The minimum absolute atomic E-state index is 0.143. The van der Waals surface area contributed by atoms with Crippen molar-refractivity contribution in [3.8, 4) is 0 Å². The molecule has 0 heterocycles. The number of hydrogen-bond acceptors (Lipinski definition) is 2. The molecule has 3 rings (SSSR count). The Morgan fingerprint density at radius 3 is 1.85 bits per heavy atom. The van der Waals surface area contributed by atoms with E-state index in [1.165, 1.54) is 11.1 Å². The highest BCUT2D eigenvalue weighted by molar-refractivity contribution is 7.80. The Hall–Kier alpha value is -2.18. The van der Waals surface area contributed by atoms with Crippen molar-refractivity contribution in [2.75, 3.05) is 19.6 Å². The van der Waals surface area contributed by atoms with Crippen LogP contribution in [0.1, 0.15) is 51.2 Å². The molecule has 2 atom stereocenters. The molecule has 4 nitrogen and oxygen atoms in total. The second kappa shape index (κ2) is 12.5. The van der Waals surface area contributed by atoms with E-state index in [0.29, 0.717) is 6.04 Å². The zero-order valence-electron chi connectivity index (χ0n) is 20.8. The maximum Gasteiger partial charge on any atom is 0.166 e. The molecule has 0 aromatic heterocycles. The third-order valence-electron chi connectivity index (χ3n) is 6.54. The second-order valence-electron chi connectivity index (χ2n) is 10.7. The molecule has 4 N–H and O–H groups in total. The van der Waals surface area contributed by atoms with Gasteiger partial charge >= 0.3 is 0 Å². The monoisotopic (exact) mass is 496 g/mol. The molecule has 6 heteroatoms. The van der Waals surface area contributed by atoms with E-state index in [0.717, 1.165) is 62.0 Å². The van der Waals surface area contributed by atoms with Gasteiger partial charge < -0.3 is 21.3 Å². The summed E-state index contributed by atoms with van der Waals surface area (Å²) in [5, 5.41) is 15.3. The summed E-state index contributed by atoms with van der Waals surface area (Å²) in [5.74, 6) is 0. The van der Waals surface area contributed by atoms with E-state index in [1.54, 1.807) is 0 Å². The fourth-order valence-corrected chi connectivity index (χ4v) is 5.84. The van der Waals surface area contributed by atoms with Crippen LogP contribution in [0.25, 0.3) is 0 Å². The van der Waals surface area contributed by atoms with E-state index in [9.17, 15) is 0 Å². The van der Waals surface area contributed by atoms with E-state index in [2.05, 4.69) is 90.6 Å². The van der Waals surface area contributed by atoms with Crippen LogP contribution >= 0.6 is 24.4 Å². The molecule has 0 unspecified atom stereocenters. The standard InChI is InChI=1S/C28H40N4S2/c1-27(2)18-24(32-26(34)30-17-15-23-12-8-5-9-13-23)19-28(3,20-27)21-31-25(33)29-16-14-22-10-6-4-7-11-22/h4-13,24H,14-21H2,1-3H3,(H2,29,31,33)(H2,30,32,34)/t24-,28+/m0/s1. The van der Waals surface area contributed by atoms with Gasteiger partial charge in [0.2, 0.25) is 0 Å². The van der Waals surface area contributed by atoms with E-state index in [-0.39, 0.29) is 10.8 Å². The van der Waals surface area contributed by atoms with Gasteiger partial charge in [-0.1, -0.05) is 81.4 Å². The summed E-state index contributed by atoms with van der Waals surface area (Å²) in [6, 6.07) is 21.4. The quantitative estimate of drug-likeness (QED) is 0.367. The highest BCUT2D eigenvalue weighted by Gasteiger charge is 2.41. The van der Waals surface area contributed by atoms with Crippen LogP contribution in [-0.4, -0.2) is 35.9 Å². The van der Waals surface area contributed by atoms with Crippen molar-refractivity contribution in [1.29, 1.82) is 0 Å². The molecule has 1 aliphatic rings. The normalized spacial score (nSPS) is 21.3. The lowest BCUT2D eigenvalue weighted by molar-refractivity contribution is 0.0802. The fourth-order valence-electron chi connectivity index (χ4n) is 5.39. The highest BCUT2D eigenvalue weighted by Crippen LogP contribution is 2.45. The first-order valence-electron chi connectivity index (χ1n) is 12.4. The molecule has 1 aliphatic carbocycles. The Labute approximate surface area is 216 Å². The summed E-state index contributed by atoms with van der Waals surface area (Å²) < 4.78 is 0. The van der Waals surface area contributed by atoms with Crippen molar-refractivity contribution < 1.29 is 0 Å². The van der Waals surface area contributed by atoms with E-state index in [1.807, 2.05) is 12.1 Å². The summed E-state index contributed by atoms with van der Waals surface area (Å²) in [6.07, 6.45) is 5.27. The molecule has 0 bridgehead atoms. The van der Waals surface area contributed by atoms with Crippen LogP contribution in [0.3, 0.4) is 0 Å². The Balaban J connectivity index is 1.42. The SMILES string of the molecule is CC1(C)C[C@H](NC(=S)NCCc2ccccc2)C[C@@](C)(CNC(=S)NCCc2ccccc2)C1. The van der Waals surface area contributed by atoms with Gasteiger partial charge in [0.25, 0.3) is 0 Å². The average molecular weight is 497 g/mol. The number of hydrogen-bond donors (Lipinski definition) is 4. The lowest BCUT2D eigenvalue weighted by Crippen LogP contribution is -2.53. The Bertz CT molecular complexity index is 917. The molecule has 2 aromatic carbocycles. The second-order valence-corrected chi connectivity index (χ2v) is 11.6. The van der Waals surface area contributed by atoms with Gasteiger partial charge in [0.05, 0.1) is 0 Å². The largest absolute Gasteiger partial charge is 0.362 e. The van der Waals surface area contributed by atoms with Crippen LogP contribution in [-0.2, 0) is 12.8 Å². The topological polar surface area (TPSA) is 48.1 Å². The van der Waals surface area contributed by atoms with Gasteiger partial charge in [-0.2, -0.15) is 0 Å². The number of rotatable bonds is 9. The van der Waals surface area contributed by atoms with Crippen molar-refractivity contribution >= 4 is 34.7 Å². The first kappa shape index (κ1) is 26.4. The minimum atomic E-state index is 0.143. The molecule has 34 heavy (non-hydrogen) atoms. The van der Waals surface area contributed by atoms with Gasteiger partial charge in [0.1, 0.15) is 0 Å². The first-order chi connectivity index (χ1) is 16.2. The van der Waals surface area contributed by atoms with Gasteiger partial charge in [-0.15, -0.1) is 0 Å². The highest BCUT2D eigenvalue weighted by atomic mass is 32.1. The molecule has 184 valence electrons. The molecule has 0 spiro atoms.